The highest BCUT2D eigenvalue weighted by Crippen LogP contribution is 2.63. The number of halogens is 2. The summed E-state index contributed by atoms with van der Waals surface area (Å²) in [7, 11) is 0. The Morgan fingerprint density at radius 1 is 1.14 bits per heavy atom. The molecule has 0 bridgehead atoms. The van der Waals surface area contributed by atoms with E-state index in [4.69, 9.17) is 5.11 Å². The highest BCUT2D eigenvalue weighted by Gasteiger charge is 2.72. The fraction of sp³-hybridized carbons (Fsp3) is 0.357. The Bertz CT molecular complexity index is 689. The lowest BCUT2D eigenvalue weighted by molar-refractivity contribution is -0.125. The number of anilines is 1. The second-order valence-corrected chi connectivity index (χ2v) is 5.88. The summed E-state index contributed by atoms with van der Waals surface area (Å²) in [6, 6.07) is 1.05. The van der Waals surface area contributed by atoms with Gasteiger partial charge in [-0.25, -0.2) is 18.5 Å². The summed E-state index contributed by atoms with van der Waals surface area (Å²) in [5.74, 6) is -6.38. The van der Waals surface area contributed by atoms with E-state index in [9.17, 15) is 23.2 Å². The van der Waals surface area contributed by atoms with Crippen LogP contribution >= 0.6 is 0 Å². The Labute approximate surface area is 118 Å². The van der Waals surface area contributed by atoms with E-state index in [2.05, 4.69) is 0 Å². The monoisotopic (exact) mass is 295 g/mol. The summed E-state index contributed by atoms with van der Waals surface area (Å²) in [5.41, 5.74) is -1.50. The summed E-state index contributed by atoms with van der Waals surface area (Å²) in [6.07, 6.45) is 0. The van der Waals surface area contributed by atoms with Crippen molar-refractivity contribution in [2.75, 3.05) is 4.90 Å². The van der Waals surface area contributed by atoms with Crippen LogP contribution in [0.5, 0.6) is 0 Å². The van der Waals surface area contributed by atoms with Gasteiger partial charge < -0.3 is 5.11 Å². The molecule has 3 rings (SSSR count). The van der Waals surface area contributed by atoms with Gasteiger partial charge >= 0.3 is 5.97 Å². The number of fused-ring (bicyclic) bond motifs is 1. The molecule has 0 aromatic heterocycles. The van der Waals surface area contributed by atoms with Gasteiger partial charge in [-0.2, -0.15) is 0 Å². The van der Waals surface area contributed by atoms with Gasteiger partial charge in [0.2, 0.25) is 11.8 Å². The minimum Gasteiger partial charge on any atom is -0.478 e. The van der Waals surface area contributed by atoms with Crippen molar-refractivity contribution in [1.82, 2.24) is 0 Å². The molecule has 2 fully saturated rings. The molecule has 0 radical (unpaired) electrons. The maximum Gasteiger partial charge on any atom is 0.337 e. The predicted molar refractivity (Wildman–Crippen MR) is 66.6 cm³/mol. The smallest absolute Gasteiger partial charge is 0.337 e. The molecule has 1 aliphatic carbocycles. The quantitative estimate of drug-likeness (QED) is 0.844. The van der Waals surface area contributed by atoms with Crippen LogP contribution in [0.3, 0.4) is 0 Å². The summed E-state index contributed by atoms with van der Waals surface area (Å²) >= 11 is 0. The Hall–Kier alpha value is -2.31. The number of benzene rings is 1. The molecule has 1 saturated heterocycles. The van der Waals surface area contributed by atoms with E-state index in [-0.39, 0.29) is 0 Å². The van der Waals surface area contributed by atoms with E-state index in [1.807, 2.05) is 0 Å². The minimum atomic E-state index is -1.54. The summed E-state index contributed by atoms with van der Waals surface area (Å²) in [6.45, 7) is 3.53. The van der Waals surface area contributed by atoms with Gasteiger partial charge in [0.25, 0.3) is 0 Å². The van der Waals surface area contributed by atoms with Crippen molar-refractivity contribution in [2.45, 2.75) is 13.8 Å². The molecule has 0 spiro atoms. The van der Waals surface area contributed by atoms with Crippen molar-refractivity contribution >= 4 is 23.5 Å². The van der Waals surface area contributed by atoms with Gasteiger partial charge in [-0.3, -0.25) is 9.59 Å². The van der Waals surface area contributed by atoms with Crippen LogP contribution in [-0.2, 0) is 9.59 Å². The molecule has 7 heteroatoms. The number of carboxylic acids is 1. The zero-order valence-electron chi connectivity index (χ0n) is 11.2. The third kappa shape index (κ3) is 1.63. The van der Waals surface area contributed by atoms with Crippen LogP contribution in [0.4, 0.5) is 14.5 Å². The maximum absolute atomic E-state index is 13.4. The number of carbonyl (C=O) groups excluding carboxylic acids is 2. The van der Waals surface area contributed by atoms with Gasteiger partial charge in [-0.05, 0) is 11.5 Å². The Balaban J connectivity index is 2.11. The Kier molecular flexibility index (Phi) is 2.52. The zero-order chi connectivity index (χ0) is 15.7. The van der Waals surface area contributed by atoms with Gasteiger partial charge in [-0.15, -0.1) is 0 Å². The van der Waals surface area contributed by atoms with Crippen molar-refractivity contribution in [1.29, 1.82) is 0 Å². The maximum atomic E-state index is 13.4. The topological polar surface area (TPSA) is 74.7 Å². The number of carbonyl (C=O) groups is 3. The highest BCUT2D eigenvalue weighted by atomic mass is 19.2. The molecule has 1 N–H and O–H groups in total. The second kappa shape index (κ2) is 3.87. The fourth-order valence-electron chi connectivity index (χ4n) is 3.08. The van der Waals surface area contributed by atoms with Gasteiger partial charge in [-0.1, -0.05) is 13.8 Å². The molecule has 1 aromatic rings. The largest absolute Gasteiger partial charge is 0.478 e. The first kappa shape index (κ1) is 13.7. The first-order valence-electron chi connectivity index (χ1n) is 6.28. The van der Waals surface area contributed by atoms with E-state index < -0.39 is 57.9 Å². The fourth-order valence-corrected chi connectivity index (χ4v) is 3.08. The second-order valence-electron chi connectivity index (χ2n) is 5.88. The number of aromatic carboxylic acids is 1. The van der Waals surface area contributed by atoms with Crippen molar-refractivity contribution in [3.05, 3.63) is 29.3 Å². The molecule has 1 aliphatic heterocycles. The number of imide groups is 1. The van der Waals surface area contributed by atoms with Crippen LogP contribution in [0, 0.1) is 28.9 Å². The molecular weight excluding hydrogens is 284 g/mol. The van der Waals surface area contributed by atoms with Crippen LogP contribution in [0.25, 0.3) is 0 Å². The van der Waals surface area contributed by atoms with Gasteiger partial charge in [0.05, 0.1) is 23.1 Å². The predicted octanol–water partition coefficient (Wildman–Crippen LogP) is 1.81. The number of carboxylic acid groups (broad SMARTS) is 1. The lowest BCUT2D eigenvalue weighted by Gasteiger charge is -2.22. The average Bonchev–Trinajstić information content (AvgIpc) is 2.83. The molecule has 2 aliphatic rings. The van der Waals surface area contributed by atoms with Gasteiger partial charge in [0.15, 0.2) is 11.6 Å². The lowest BCUT2D eigenvalue weighted by Crippen LogP contribution is -2.37. The molecule has 1 aromatic carbocycles. The molecular formula is C14H11F2NO4. The molecule has 5 nitrogen and oxygen atoms in total. The molecule has 110 valence electrons. The van der Waals surface area contributed by atoms with E-state index in [0.717, 1.165) is 0 Å². The average molecular weight is 295 g/mol. The minimum absolute atomic E-state index is 0.417. The number of hydrogen-bond donors (Lipinski definition) is 1. The molecule has 1 saturated carbocycles. The van der Waals surface area contributed by atoms with Crippen molar-refractivity contribution in [3.63, 3.8) is 0 Å². The van der Waals surface area contributed by atoms with E-state index in [0.29, 0.717) is 17.0 Å². The van der Waals surface area contributed by atoms with Crippen LogP contribution in [-0.4, -0.2) is 22.9 Å². The van der Waals surface area contributed by atoms with Crippen LogP contribution in [0.2, 0.25) is 0 Å². The number of hydrogen-bond acceptors (Lipinski definition) is 3. The molecule has 1 heterocycles. The number of nitrogens with zero attached hydrogens (tertiary/aromatic N) is 1. The standard InChI is InChI=1S/C14H11F2NO4/c1-14(2)9-10(14)12(19)17(11(9)18)8-4-7(16)6(15)3-5(8)13(20)21/h3-4,9-10H,1-2H3,(H,20,21). The molecule has 21 heavy (non-hydrogen) atoms. The third-order valence-electron chi connectivity index (χ3n) is 4.31. The molecule has 2 atom stereocenters. The number of amides is 2. The Morgan fingerprint density at radius 2 is 1.62 bits per heavy atom. The van der Waals surface area contributed by atoms with Gasteiger partial charge in [0, 0.05) is 6.07 Å². The van der Waals surface area contributed by atoms with Crippen molar-refractivity contribution < 1.29 is 28.3 Å². The van der Waals surface area contributed by atoms with Crippen molar-refractivity contribution in [2.24, 2.45) is 17.3 Å². The number of piperidine rings is 1. The first-order valence-corrected chi connectivity index (χ1v) is 6.28. The Morgan fingerprint density at radius 3 is 2.10 bits per heavy atom. The van der Waals surface area contributed by atoms with Crippen LogP contribution in [0.1, 0.15) is 24.2 Å². The highest BCUT2D eigenvalue weighted by molar-refractivity contribution is 6.27. The van der Waals surface area contributed by atoms with E-state index in [1.54, 1.807) is 13.8 Å². The number of rotatable bonds is 2. The van der Waals surface area contributed by atoms with Crippen LogP contribution < -0.4 is 4.90 Å². The van der Waals surface area contributed by atoms with Gasteiger partial charge in [0.1, 0.15) is 0 Å². The summed E-state index contributed by atoms with van der Waals surface area (Å²) in [4.78, 5) is 36.3. The summed E-state index contributed by atoms with van der Waals surface area (Å²) in [5, 5.41) is 9.06. The SMILES string of the molecule is CC1(C)C2C(=O)N(c3cc(F)c(F)cc3C(=O)O)C(=O)C21. The molecule has 2 unspecified atom stereocenters. The lowest BCUT2D eigenvalue weighted by atomic mass is 10.0. The van der Waals surface area contributed by atoms with Crippen LogP contribution in [0.15, 0.2) is 12.1 Å². The zero-order valence-corrected chi connectivity index (χ0v) is 11.2. The summed E-state index contributed by atoms with van der Waals surface area (Å²) < 4.78 is 26.6. The van der Waals surface area contributed by atoms with E-state index in [1.165, 1.54) is 0 Å². The normalized spacial score (nSPS) is 26.0. The third-order valence-corrected chi connectivity index (χ3v) is 4.31. The van der Waals surface area contributed by atoms with Crippen molar-refractivity contribution in [3.8, 4) is 0 Å². The van der Waals surface area contributed by atoms with E-state index >= 15 is 0 Å². The molecule has 2 amide bonds. The first-order chi connectivity index (χ1) is 9.67.